The van der Waals surface area contributed by atoms with E-state index in [1.54, 1.807) is 11.8 Å². The van der Waals surface area contributed by atoms with Gasteiger partial charge in [-0.15, -0.1) is 11.8 Å². The first-order valence-electron chi connectivity index (χ1n) is 9.37. The van der Waals surface area contributed by atoms with Gasteiger partial charge in [0.05, 0.1) is 11.6 Å². The zero-order valence-electron chi connectivity index (χ0n) is 15.9. The largest absolute Gasteiger partial charge is 0.372 e. The Labute approximate surface area is 161 Å². The predicted octanol–water partition coefficient (Wildman–Crippen LogP) is 5.14. The molecule has 26 heavy (non-hydrogen) atoms. The molecule has 3 rings (SSSR count). The van der Waals surface area contributed by atoms with Gasteiger partial charge in [0.1, 0.15) is 0 Å². The van der Waals surface area contributed by atoms with Crippen LogP contribution in [0.5, 0.6) is 0 Å². The minimum Gasteiger partial charge on any atom is -0.372 e. The van der Waals surface area contributed by atoms with Gasteiger partial charge in [0.15, 0.2) is 0 Å². The molecule has 0 unspecified atom stereocenters. The minimum absolute atomic E-state index is 0.0171. The maximum Gasteiger partial charge on any atom is 0.252 e. The van der Waals surface area contributed by atoms with E-state index in [9.17, 15) is 4.79 Å². The van der Waals surface area contributed by atoms with Gasteiger partial charge >= 0.3 is 0 Å². The van der Waals surface area contributed by atoms with Gasteiger partial charge in [0.2, 0.25) is 0 Å². The number of hydrogen-bond donors (Lipinski definition) is 1. The van der Waals surface area contributed by atoms with Gasteiger partial charge in [-0.3, -0.25) is 4.79 Å². The van der Waals surface area contributed by atoms with E-state index >= 15 is 0 Å². The quantitative estimate of drug-likeness (QED) is 0.742. The first-order chi connectivity index (χ1) is 12.6. The summed E-state index contributed by atoms with van der Waals surface area (Å²) in [7, 11) is 0. The number of nitrogens with zero attached hydrogens (tertiary/aromatic N) is 1. The Bertz CT molecular complexity index is 736. The molecule has 0 aromatic heterocycles. The molecule has 3 nitrogen and oxygen atoms in total. The van der Waals surface area contributed by atoms with Crippen molar-refractivity contribution in [2.45, 2.75) is 37.6 Å². The fraction of sp³-hybridized carbons (Fsp3) is 0.409. The summed E-state index contributed by atoms with van der Waals surface area (Å²) in [5, 5.41) is 3.13. The SMILES string of the molecule is CSc1ccccc1C(=O)N[C@@H](C)c1ccc(N2CCC(C)CC2)cc1. The summed E-state index contributed by atoms with van der Waals surface area (Å²) in [5.41, 5.74) is 3.16. The number of carbonyl (C=O) groups excluding carboxylic acids is 1. The Balaban J connectivity index is 1.64. The monoisotopic (exact) mass is 368 g/mol. The van der Waals surface area contributed by atoms with Crippen LogP contribution in [0.3, 0.4) is 0 Å². The Hall–Kier alpha value is -1.94. The molecule has 1 atom stereocenters. The molecule has 4 heteroatoms. The van der Waals surface area contributed by atoms with Crippen molar-refractivity contribution in [1.82, 2.24) is 5.32 Å². The molecule has 2 aromatic rings. The number of carbonyl (C=O) groups is 1. The number of thioether (sulfide) groups is 1. The second-order valence-corrected chi connectivity index (χ2v) is 8.00. The summed E-state index contributed by atoms with van der Waals surface area (Å²) in [6.07, 6.45) is 4.53. The van der Waals surface area contributed by atoms with Crippen molar-refractivity contribution >= 4 is 23.4 Å². The Kier molecular flexibility index (Phi) is 6.25. The Morgan fingerprint density at radius 3 is 2.42 bits per heavy atom. The first kappa shape index (κ1) is 18.8. The average Bonchev–Trinajstić information content (AvgIpc) is 2.68. The smallest absolute Gasteiger partial charge is 0.252 e. The highest BCUT2D eigenvalue weighted by Gasteiger charge is 2.17. The lowest BCUT2D eigenvalue weighted by Crippen LogP contribution is -2.32. The van der Waals surface area contributed by atoms with Crippen LogP contribution in [0.4, 0.5) is 5.69 Å². The van der Waals surface area contributed by atoms with E-state index in [4.69, 9.17) is 0 Å². The highest BCUT2D eigenvalue weighted by molar-refractivity contribution is 7.98. The summed E-state index contributed by atoms with van der Waals surface area (Å²) < 4.78 is 0. The molecule has 138 valence electrons. The van der Waals surface area contributed by atoms with Crippen molar-refractivity contribution in [2.75, 3.05) is 24.2 Å². The summed E-state index contributed by atoms with van der Waals surface area (Å²) in [4.78, 5) is 16.1. The summed E-state index contributed by atoms with van der Waals surface area (Å²) in [6, 6.07) is 16.4. The molecule has 1 amide bonds. The van der Waals surface area contributed by atoms with Crippen molar-refractivity contribution in [3.8, 4) is 0 Å². The van der Waals surface area contributed by atoms with Gasteiger partial charge in [0.25, 0.3) is 5.91 Å². The average molecular weight is 369 g/mol. The van der Waals surface area contributed by atoms with Crippen LogP contribution in [0.25, 0.3) is 0 Å². The maximum atomic E-state index is 12.6. The van der Waals surface area contributed by atoms with Crippen molar-refractivity contribution < 1.29 is 4.79 Å². The number of piperidine rings is 1. The molecule has 1 saturated heterocycles. The molecule has 1 aliphatic rings. The second-order valence-electron chi connectivity index (χ2n) is 7.16. The van der Waals surface area contributed by atoms with Gasteiger partial charge in [-0.1, -0.05) is 31.2 Å². The van der Waals surface area contributed by atoms with E-state index in [0.29, 0.717) is 0 Å². The molecule has 0 bridgehead atoms. The normalized spacial score (nSPS) is 16.3. The number of benzene rings is 2. The molecule has 0 radical (unpaired) electrons. The molecule has 1 N–H and O–H groups in total. The lowest BCUT2D eigenvalue weighted by atomic mass is 9.98. The van der Waals surface area contributed by atoms with Gasteiger partial charge in [0, 0.05) is 23.7 Å². The van der Waals surface area contributed by atoms with E-state index in [0.717, 1.165) is 35.0 Å². The van der Waals surface area contributed by atoms with E-state index < -0.39 is 0 Å². The molecular weight excluding hydrogens is 340 g/mol. The number of amides is 1. The van der Waals surface area contributed by atoms with Crippen LogP contribution in [-0.2, 0) is 0 Å². The van der Waals surface area contributed by atoms with E-state index in [2.05, 4.69) is 41.4 Å². The molecule has 0 saturated carbocycles. The standard InChI is InChI=1S/C22H28N2OS/c1-16-12-14-24(15-13-16)19-10-8-18(9-11-19)17(2)23-22(25)20-6-4-5-7-21(20)26-3/h4-11,16-17H,12-15H2,1-3H3,(H,23,25)/t17-/m0/s1. The fourth-order valence-corrected chi connectivity index (χ4v) is 4.03. The third kappa shape index (κ3) is 4.42. The van der Waals surface area contributed by atoms with Crippen LogP contribution < -0.4 is 10.2 Å². The lowest BCUT2D eigenvalue weighted by molar-refractivity contribution is 0.0937. The van der Waals surface area contributed by atoms with Gasteiger partial charge in [-0.25, -0.2) is 0 Å². The van der Waals surface area contributed by atoms with Crippen LogP contribution in [0.15, 0.2) is 53.4 Å². The van der Waals surface area contributed by atoms with Crippen LogP contribution in [-0.4, -0.2) is 25.3 Å². The number of nitrogens with one attached hydrogen (secondary N) is 1. The zero-order chi connectivity index (χ0) is 18.5. The highest BCUT2D eigenvalue weighted by atomic mass is 32.2. The third-order valence-electron chi connectivity index (χ3n) is 5.24. The van der Waals surface area contributed by atoms with Crippen molar-refractivity contribution in [1.29, 1.82) is 0 Å². The molecular formula is C22H28N2OS. The van der Waals surface area contributed by atoms with Crippen LogP contribution in [0.2, 0.25) is 0 Å². The predicted molar refractivity (Wildman–Crippen MR) is 111 cm³/mol. The second kappa shape index (κ2) is 8.63. The minimum atomic E-state index is -0.0205. The molecule has 1 fully saturated rings. The number of rotatable bonds is 5. The topological polar surface area (TPSA) is 32.3 Å². The Morgan fingerprint density at radius 1 is 1.12 bits per heavy atom. The number of hydrogen-bond acceptors (Lipinski definition) is 3. The van der Waals surface area contributed by atoms with E-state index in [1.807, 2.05) is 37.4 Å². The van der Waals surface area contributed by atoms with Crippen molar-refractivity contribution in [3.63, 3.8) is 0 Å². The molecule has 2 aromatic carbocycles. The first-order valence-corrected chi connectivity index (χ1v) is 10.6. The molecule has 1 heterocycles. The van der Waals surface area contributed by atoms with Crippen LogP contribution in [0, 0.1) is 5.92 Å². The summed E-state index contributed by atoms with van der Waals surface area (Å²) >= 11 is 1.60. The van der Waals surface area contributed by atoms with Gasteiger partial charge in [-0.05, 0) is 61.8 Å². The highest BCUT2D eigenvalue weighted by Crippen LogP contribution is 2.25. The van der Waals surface area contributed by atoms with Gasteiger partial charge < -0.3 is 10.2 Å². The fourth-order valence-electron chi connectivity index (χ4n) is 3.43. The summed E-state index contributed by atoms with van der Waals surface area (Å²) in [5.74, 6) is 0.821. The van der Waals surface area contributed by atoms with Crippen molar-refractivity contribution in [2.24, 2.45) is 5.92 Å². The third-order valence-corrected chi connectivity index (χ3v) is 6.04. The molecule has 0 aliphatic carbocycles. The summed E-state index contributed by atoms with van der Waals surface area (Å²) in [6.45, 7) is 6.65. The molecule has 0 spiro atoms. The van der Waals surface area contributed by atoms with Crippen LogP contribution >= 0.6 is 11.8 Å². The van der Waals surface area contributed by atoms with E-state index in [-0.39, 0.29) is 11.9 Å². The lowest BCUT2D eigenvalue weighted by Gasteiger charge is -2.32. The van der Waals surface area contributed by atoms with Gasteiger partial charge in [-0.2, -0.15) is 0 Å². The van der Waals surface area contributed by atoms with E-state index in [1.165, 1.54) is 18.5 Å². The van der Waals surface area contributed by atoms with Crippen LogP contribution in [0.1, 0.15) is 48.7 Å². The maximum absolute atomic E-state index is 12.6. The number of anilines is 1. The zero-order valence-corrected chi connectivity index (χ0v) is 16.7. The molecule has 1 aliphatic heterocycles. The Morgan fingerprint density at radius 2 is 1.77 bits per heavy atom. The van der Waals surface area contributed by atoms with Crippen molar-refractivity contribution in [3.05, 3.63) is 59.7 Å².